The van der Waals surface area contributed by atoms with Crippen molar-refractivity contribution in [2.24, 2.45) is 5.92 Å². The topological polar surface area (TPSA) is 101 Å². The van der Waals surface area contributed by atoms with Crippen molar-refractivity contribution in [2.45, 2.75) is 38.0 Å². The molecule has 1 heterocycles. The van der Waals surface area contributed by atoms with Crippen LogP contribution in [0.2, 0.25) is 0 Å². The lowest BCUT2D eigenvalue weighted by molar-refractivity contribution is -0.125. The first-order valence-corrected chi connectivity index (χ1v) is 9.32. The van der Waals surface area contributed by atoms with Crippen molar-refractivity contribution in [3.8, 4) is 5.75 Å². The maximum atomic E-state index is 12.5. The number of hydrogen-bond donors (Lipinski definition) is 3. The van der Waals surface area contributed by atoms with Gasteiger partial charge in [-0.2, -0.15) is 0 Å². The fourth-order valence-corrected chi connectivity index (χ4v) is 3.51. The highest BCUT2D eigenvalue weighted by molar-refractivity contribution is 5.81. The third kappa shape index (κ3) is 5.07. The molecule has 1 aliphatic rings. The summed E-state index contributed by atoms with van der Waals surface area (Å²) < 4.78 is 5.29. The van der Waals surface area contributed by atoms with Gasteiger partial charge in [0.1, 0.15) is 5.75 Å². The van der Waals surface area contributed by atoms with Crippen LogP contribution in [0.4, 0.5) is 0 Å². The zero-order chi connectivity index (χ0) is 19.9. The molecule has 0 bridgehead atoms. The summed E-state index contributed by atoms with van der Waals surface area (Å²) >= 11 is 0. The molecule has 3 atom stereocenters. The Morgan fingerprint density at radius 1 is 1.21 bits per heavy atom. The Morgan fingerprint density at radius 2 is 2.04 bits per heavy atom. The van der Waals surface area contributed by atoms with Crippen LogP contribution in [0.15, 0.2) is 48.8 Å². The molecule has 3 rings (SSSR count). The summed E-state index contributed by atoms with van der Waals surface area (Å²) in [5.41, 5.74) is 1.69. The third-order valence-corrected chi connectivity index (χ3v) is 4.98. The van der Waals surface area contributed by atoms with E-state index in [4.69, 9.17) is 4.74 Å². The molecule has 0 spiro atoms. The summed E-state index contributed by atoms with van der Waals surface area (Å²) in [7, 11) is 1.59. The van der Waals surface area contributed by atoms with E-state index in [2.05, 4.69) is 15.6 Å². The Balaban J connectivity index is 1.50. The van der Waals surface area contributed by atoms with Crippen molar-refractivity contribution in [2.75, 3.05) is 7.11 Å². The standard InChI is InChI=1S/C21H25N3O4/c1-28-19-7-3-2-6-15(19)13-23-21(27)16-10-17(18(25)11-16)24-20(26)9-14-5-4-8-22-12-14/h2-8,12,16-18,25H,9-11,13H2,1H3,(H,23,27)(H,24,26)/t16-,17+,18+/m0/s1. The largest absolute Gasteiger partial charge is 0.496 e. The molecule has 1 aromatic heterocycles. The second-order valence-corrected chi connectivity index (χ2v) is 6.98. The molecule has 1 aromatic carbocycles. The van der Waals surface area contributed by atoms with E-state index >= 15 is 0 Å². The van der Waals surface area contributed by atoms with E-state index < -0.39 is 12.1 Å². The summed E-state index contributed by atoms with van der Waals surface area (Å²) in [5.74, 6) is 0.0595. The molecule has 0 saturated heterocycles. The van der Waals surface area contributed by atoms with E-state index in [1.807, 2.05) is 30.3 Å². The number of amides is 2. The van der Waals surface area contributed by atoms with E-state index in [-0.39, 0.29) is 24.2 Å². The summed E-state index contributed by atoms with van der Waals surface area (Å²) in [6, 6.07) is 10.7. The maximum absolute atomic E-state index is 12.5. The second-order valence-electron chi connectivity index (χ2n) is 6.98. The van der Waals surface area contributed by atoms with Gasteiger partial charge in [-0.1, -0.05) is 24.3 Å². The molecular formula is C21H25N3O4. The van der Waals surface area contributed by atoms with Crippen LogP contribution >= 0.6 is 0 Å². The number of aromatic nitrogens is 1. The van der Waals surface area contributed by atoms with Crippen LogP contribution in [0.5, 0.6) is 5.75 Å². The molecule has 28 heavy (non-hydrogen) atoms. The number of nitrogens with zero attached hydrogens (tertiary/aromatic N) is 1. The minimum absolute atomic E-state index is 0.131. The fourth-order valence-electron chi connectivity index (χ4n) is 3.51. The molecule has 3 N–H and O–H groups in total. The summed E-state index contributed by atoms with van der Waals surface area (Å²) in [6.45, 7) is 0.355. The van der Waals surface area contributed by atoms with Crippen molar-refractivity contribution in [1.29, 1.82) is 0 Å². The number of nitrogens with one attached hydrogen (secondary N) is 2. The number of methoxy groups -OCH3 is 1. The van der Waals surface area contributed by atoms with Gasteiger partial charge in [0.05, 0.1) is 25.7 Å². The first-order valence-electron chi connectivity index (χ1n) is 9.32. The van der Waals surface area contributed by atoms with Crippen molar-refractivity contribution in [1.82, 2.24) is 15.6 Å². The lowest BCUT2D eigenvalue weighted by atomic mass is 10.1. The Kier molecular flexibility index (Phi) is 6.60. The predicted molar refractivity (Wildman–Crippen MR) is 103 cm³/mol. The van der Waals surface area contributed by atoms with Gasteiger partial charge in [0.2, 0.25) is 11.8 Å². The smallest absolute Gasteiger partial charge is 0.224 e. The van der Waals surface area contributed by atoms with Gasteiger partial charge in [-0.3, -0.25) is 14.6 Å². The van der Waals surface area contributed by atoms with E-state index in [0.29, 0.717) is 19.4 Å². The number of rotatable bonds is 7. The van der Waals surface area contributed by atoms with Crippen molar-refractivity contribution in [3.63, 3.8) is 0 Å². The van der Waals surface area contributed by atoms with Crippen molar-refractivity contribution >= 4 is 11.8 Å². The number of para-hydroxylation sites is 1. The number of benzene rings is 1. The molecule has 1 fully saturated rings. The summed E-state index contributed by atoms with van der Waals surface area (Å²) in [4.78, 5) is 28.7. The monoisotopic (exact) mass is 383 g/mol. The Bertz CT molecular complexity index is 812. The van der Waals surface area contributed by atoms with Crippen LogP contribution in [-0.4, -0.2) is 41.2 Å². The average Bonchev–Trinajstić information content (AvgIpc) is 3.07. The molecule has 1 saturated carbocycles. The molecule has 0 radical (unpaired) electrons. The van der Waals surface area contributed by atoms with Gasteiger partial charge in [0.25, 0.3) is 0 Å². The van der Waals surface area contributed by atoms with E-state index in [0.717, 1.165) is 16.9 Å². The van der Waals surface area contributed by atoms with Crippen LogP contribution in [0.25, 0.3) is 0 Å². The van der Waals surface area contributed by atoms with E-state index in [1.165, 1.54) is 0 Å². The minimum Gasteiger partial charge on any atom is -0.496 e. The number of aliphatic hydroxyl groups is 1. The van der Waals surface area contributed by atoms with Gasteiger partial charge in [-0.25, -0.2) is 0 Å². The van der Waals surface area contributed by atoms with Gasteiger partial charge >= 0.3 is 0 Å². The zero-order valence-electron chi connectivity index (χ0n) is 15.8. The van der Waals surface area contributed by atoms with E-state index in [1.54, 1.807) is 25.6 Å². The van der Waals surface area contributed by atoms with E-state index in [9.17, 15) is 14.7 Å². The first kappa shape index (κ1) is 19.8. The van der Waals surface area contributed by atoms with Crippen LogP contribution in [0.3, 0.4) is 0 Å². The average molecular weight is 383 g/mol. The fraction of sp³-hybridized carbons (Fsp3) is 0.381. The summed E-state index contributed by atoms with van der Waals surface area (Å²) in [6.07, 6.45) is 3.49. The molecule has 7 nitrogen and oxygen atoms in total. The van der Waals surface area contributed by atoms with Gasteiger partial charge in [-0.05, 0) is 30.5 Å². The highest BCUT2D eigenvalue weighted by Gasteiger charge is 2.37. The molecule has 1 aliphatic carbocycles. The molecule has 148 valence electrons. The Labute approximate surface area is 164 Å². The highest BCUT2D eigenvalue weighted by Crippen LogP contribution is 2.27. The van der Waals surface area contributed by atoms with Crippen LogP contribution < -0.4 is 15.4 Å². The Hall–Kier alpha value is -2.93. The normalized spacial score (nSPS) is 21.1. The van der Waals surface area contributed by atoms with Crippen LogP contribution in [-0.2, 0) is 22.6 Å². The summed E-state index contributed by atoms with van der Waals surface area (Å²) in [5, 5.41) is 16.0. The highest BCUT2D eigenvalue weighted by atomic mass is 16.5. The van der Waals surface area contributed by atoms with Crippen molar-refractivity contribution < 1.29 is 19.4 Å². The molecule has 2 aromatic rings. The maximum Gasteiger partial charge on any atom is 0.224 e. The molecular weight excluding hydrogens is 358 g/mol. The molecule has 7 heteroatoms. The van der Waals surface area contributed by atoms with Crippen molar-refractivity contribution in [3.05, 3.63) is 59.9 Å². The molecule has 0 unspecified atom stereocenters. The number of ether oxygens (including phenoxy) is 1. The number of hydrogen-bond acceptors (Lipinski definition) is 5. The Morgan fingerprint density at radius 3 is 2.79 bits per heavy atom. The van der Waals surface area contributed by atoms with Gasteiger partial charge < -0.3 is 20.5 Å². The van der Waals surface area contributed by atoms with Crippen LogP contribution in [0.1, 0.15) is 24.0 Å². The minimum atomic E-state index is -0.736. The lowest BCUT2D eigenvalue weighted by Crippen LogP contribution is -2.40. The second kappa shape index (κ2) is 9.32. The lowest BCUT2D eigenvalue weighted by Gasteiger charge is -2.16. The van der Waals surface area contributed by atoms with Gasteiger partial charge in [0, 0.05) is 30.4 Å². The number of aliphatic hydroxyl groups excluding tert-OH is 1. The SMILES string of the molecule is COc1ccccc1CNC(=O)[C@@H]1C[C@@H](O)[C@H](NC(=O)Cc2cccnc2)C1. The molecule has 0 aliphatic heterocycles. The van der Waals surface area contributed by atoms with Gasteiger partial charge in [-0.15, -0.1) is 0 Å². The number of pyridine rings is 1. The van der Waals surface area contributed by atoms with Crippen LogP contribution in [0, 0.1) is 5.92 Å². The third-order valence-electron chi connectivity index (χ3n) is 4.98. The zero-order valence-corrected chi connectivity index (χ0v) is 15.8. The quantitative estimate of drug-likeness (QED) is 0.667. The first-order chi connectivity index (χ1) is 13.6. The predicted octanol–water partition coefficient (Wildman–Crippen LogP) is 1.20. The number of carbonyl (C=O) groups excluding carboxylic acids is 2. The molecule has 2 amide bonds. The van der Waals surface area contributed by atoms with Gasteiger partial charge in [0.15, 0.2) is 0 Å². The number of carbonyl (C=O) groups is 2.